The summed E-state index contributed by atoms with van der Waals surface area (Å²) < 4.78 is 4.80. The fraction of sp³-hybridized carbons (Fsp3) is 0.455. The molecule has 0 amide bonds. The van der Waals surface area contributed by atoms with Crippen LogP contribution >= 0.6 is 0 Å². The first-order valence-corrected chi connectivity index (χ1v) is 5.25. The summed E-state index contributed by atoms with van der Waals surface area (Å²) in [5.41, 5.74) is 7.35. The molecule has 0 saturated carbocycles. The smallest absolute Gasteiger partial charge is 0.307 e. The Bertz CT molecular complexity index is 366. The van der Waals surface area contributed by atoms with Crippen molar-refractivity contribution >= 4 is 17.5 Å². The van der Waals surface area contributed by atoms with Crippen LogP contribution in [0.5, 0.6) is 0 Å². The van der Waals surface area contributed by atoms with E-state index in [-0.39, 0.29) is 5.97 Å². The Morgan fingerprint density at radius 1 is 1.62 bits per heavy atom. The summed E-state index contributed by atoms with van der Waals surface area (Å²) in [5.74, 6) is 0.385. The molecule has 1 aromatic rings. The van der Waals surface area contributed by atoms with Gasteiger partial charge in [-0.15, -0.1) is 0 Å². The summed E-state index contributed by atoms with van der Waals surface area (Å²) in [6, 6.07) is 1.83. The molecule has 1 aromatic heterocycles. The number of aryl methyl sites for hydroxylation is 1. The van der Waals surface area contributed by atoms with E-state index in [1.54, 1.807) is 13.1 Å². The van der Waals surface area contributed by atoms with Crippen molar-refractivity contribution in [1.29, 1.82) is 0 Å². The van der Waals surface area contributed by atoms with Crippen molar-refractivity contribution in [2.75, 3.05) is 24.2 Å². The molecule has 0 fully saturated rings. The molecule has 0 atom stereocenters. The number of carbonyl (C=O) groups is 1. The highest BCUT2D eigenvalue weighted by Crippen LogP contribution is 2.15. The Morgan fingerprint density at radius 3 is 3.00 bits per heavy atom. The molecule has 1 rings (SSSR count). The van der Waals surface area contributed by atoms with Crippen LogP contribution in [0.2, 0.25) is 0 Å². The van der Waals surface area contributed by atoms with Crippen LogP contribution in [0.4, 0.5) is 11.5 Å². The molecule has 0 saturated heterocycles. The minimum absolute atomic E-state index is 0.222. The van der Waals surface area contributed by atoms with Crippen LogP contribution in [0.1, 0.15) is 18.9 Å². The van der Waals surface area contributed by atoms with Crippen LogP contribution in [0.15, 0.2) is 12.3 Å². The number of esters is 1. The summed E-state index contributed by atoms with van der Waals surface area (Å²) >= 11 is 0. The minimum atomic E-state index is -0.222. The van der Waals surface area contributed by atoms with Crippen molar-refractivity contribution in [2.45, 2.75) is 20.3 Å². The second-order valence-corrected chi connectivity index (χ2v) is 3.43. The molecule has 0 unspecified atom stereocenters. The van der Waals surface area contributed by atoms with Crippen molar-refractivity contribution in [3.63, 3.8) is 0 Å². The Hall–Kier alpha value is -1.78. The van der Waals surface area contributed by atoms with Crippen molar-refractivity contribution in [3.05, 3.63) is 17.8 Å². The Labute approximate surface area is 95.0 Å². The third-order valence-electron chi connectivity index (χ3n) is 1.98. The number of nitrogen functional groups attached to an aromatic ring is 1. The van der Waals surface area contributed by atoms with Crippen molar-refractivity contribution in [1.82, 2.24) is 4.98 Å². The summed E-state index contributed by atoms with van der Waals surface area (Å²) in [7, 11) is 0. The summed E-state index contributed by atoms with van der Waals surface area (Å²) in [5, 5.41) is 2.99. The van der Waals surface area contributed by atoms with Gasteiger partial charge in [-0.05, 0) is 25.5 Å². The number of carbonyl (C=O) groups excluding carboxylic acids is 1. The van der Waals surface area contributed by atoms with Gasteiger partial charge in [0.25, 0.3) is 0 Å². The molecule has 5 heteroatoms. The van der Waals surface area contributed by atoms with Gasteiger partial charge in [-0.2, -0.15) is 0 Å². The molecule has 88 valence electrons. The van der Waals surface area contributed by atoms with Gasteiger partial charge in [-0.1, -0.05) is 0 Å². The Morgan fingerprint density at radius 2 is 2.38 bits per heavy atom. The van der Waals surface area contributed by atoms with E-state index in [4.69, 9.17) is 10.5 Å². The van der Waals surface area contributed by atoms with E-state index >= 15 is 0 Å². The van der Waals surface area contributed by atoms with Crippen molar-refractivity contribution < 1.29 is 9.53 Å². The molecule has 0 aliphatic heterocycles. The molecular formula is C11H17N3O2. The number of nitrogens with two attached hydrogens (primary N) is 1. The van der Waals surface area contributed by atoms with Gasteiger partial charge >= 0.3 is 5.97 Å². The Kier molecular flexibility index (Phi) is 4.57. The van der Waals surface area contributed by atoms with Gasteiger partial charge in [0.1, 0.15) is 5.82 Å². The number of ether oxygens (including phenoxy) is 1. The lowest BCUT2D eigenvalue weighted by Gasteiger charge is -2.08. The number of pyridine rings is 1. The van der Waals surface area contributed by atoms with Gasteiger partial charge in [-0.3, -0.25) is 4.79 Å². The lowest BCUT2D eigenvalue weighted by Crippen LogP contribution is -2.13. The number of aromatic nitrogens is 1. The van der Waals surface area contributed by atoms with E-state index in [0.717, 1.165) is 5.56 Å². The van der Waals surface area contributed by atoms with Crippen LogP contribution in [-0.2, 0) is 9.53 Å². The molecule has 0 spiro atoms. The molecule has 5 nitrogen and oxygen atoms in total. The third kappa shape index (κ3) is 3.76. The average Bonchev–Trinajstić information content (AvgIpc) is 2.22. The highest BCUT2D eigenvalue weighted by molar-refractivity contribution is 5.70. The Balaban J connectivity index is 2.40. The first-order chi connectivity index (χ1) is 7.63. The molecule has 0 aliphatic rings. The van der Waals surface area contributed by atoms with Gasteiger partial charge in [0.15, 0.2) is 0 Å². The molecule has 0 radical (unpaired) electrons. The average molecular weight is 223 g/mol. The summed E-state index contributed by atoms with van der Waals surface area (Å²) in [4.78, 5) is 15.2. The normalized spacial score (nSPS) is 9.88. The number of anilines is 2. The van der Waals surface area contributed by atoms with E-state index < -0.39 is 0 Å². The van der Waals surface area contributed by atoms with Crippen molar-refractivity contribution in [2.24, 2.45) is 0 Å². The zero-order chi connectivity index (χ0) is 12.0. The second kappa shape index (κ2) is 5.95. The maximum absolute atomic E-state index is 11.1. The molecular weight excluding hydrogens is 206 g/mol. The first kappa shape index (κ1) is 12.3. The number of rotatable bonds is 5. The number of hydrogen-bond donors (Lipinski definition) is 2. The quantitative estimate of drug-likeness (QED) is 0.736. The second-order valence-electron chi connectivity index (χ2n) is 3.43. The number of nitrogens with zero attached hydrogens (tertiary/aromatic N) is 1. The van der Waals surface area contributed by atoms with Crippen LogP contribution in [0.3, 0.4) is 0 Å². The van der Waals surface area contributed by atoms with Crippen LogP contribution in [0, 0.1) is 6.92 Å². The number of hydrogen-bond acceptors (Lipinski definition) is 5. The van der Waals surface area contributed by atoms with E-state index in [1.165, 1.54) is 0 Å². The highest BCUT2D eigenvalue weighted by atomic mass is 16.5. The standard InChI is InChI=1S/C11H17N3O2/c1-3-16-10(15)4-5-13-11-9(12)6-8(2)7-14-11/h6-7H,3-5,12H2,1-2H3,(H,13,14). The van der Waals surface area contributed by atoms with E-state index in [0.29, 0.717) is 31.1 Å². The van der Waals surface area contributed by atoms with E-state index in [2.05, 4.69) is 10.3 Å². The predicted molar refractivity (Wildman–Crippen MR) is 63.1 cm³/mol. The monoisotopic (exact) mass is 223 g/mol. The molecule has 16 heavy (non-hydrogen) atoms. The zero-order valence-corrected chi connectivity index (χ0v) is 9.62. The predicted octanol–water partition coefficient (Wildman–Crippen LogP) is 1.34. The lowest BCUT2D eigenvalue weighted by atomic mass is 10.3. The SMILES string of the molecule is CCOC(=O)CCNc1ncc(C)cc1N. The van der Waals surface area contributed by atoms with Gasteiger partial charge in [-0.25, -0.2) is 4.98 Å². The molecule has 0 aromatic carbocycles. The first-order valence-electron chi connectivity index (χ1n) is 5.25. The highest BCUT2D eigenvalue weighted by Gasteiger charge is 2.03. The zero-order valence-electron chi connectivity index (χ0n) is 9.62. The van der Waals surface area contributed by atoms with Crippen LogP contribution < -0.4 is 11.1 Å². The molecule has 0 bridgehead atoms. The largest absolute Gasteiger partial charge is 0.466 e. The fourth-order valence-corrected chi connectivity index (χ4v) is 1.26. The maximum atomic E-state index is 11.1. The molecule has 0 aliphatic carbocycles. The fourth-order valence-electron chi connectivity index (χ4n) is 1.26. The topological polar surface area (TPSA) is 77.2 Å². The van der Waals surface area contributed by atoms with Crippen LogP contribution in [0.25, 0.3) is 0 Å². The maximum Gasteiger partial charge on any atom is 0.307 e. The molecule has 3 N–H and O–H groups in total. The summed E-state index contributed by atoms with van der Waals surface area (Å²) in [6.07, 6.45) is 2.03. The van der Waals surface area contributed by atoms with E-state index in [9.17, 15) is 4.79 Å². The van der Waals surface area contributed by atoms with Gasteiger partial charge in [0.2, 0.25) is 0 Å². The molecule has 1 heterocycles. The number of nitrogens with one attached hydrogen (secondary N) is 1. The van der Waals surface area contributed by atoms with Gasteiger partial charge in [0, 0.05) is 12.7 Å². The minimum Gasteiger partial charge on any atom is -0.466 e. The lowest BCUT2D eigenvalue weighted by molar-refractivity contribution is -0.142. The summed E-state index contributed by atoms with van der Waals surface area (Å²) in [6.45, 7) is 4.58. The van der Waals surface area contributed by atoms with Crippen LogP contribution in [-0.4, -0.2) is 24.1 Å². The van der Waals surface area contributed by atoms with Gasteiger partial charge < -0.3 is 15.8 Å². The van der Waals surface area contributed by atoms with Crippen molar-refractivity contribution in [3.8, 4) is 0 Å². The van der Waals surface area contributed by atoms with Gasteiger partial charge in [0.05, 0.1) is 18.7 Å². The van der Waals surface area contributed by atoms with E-state index in [1.807, 2.05) is 13.0 Å². The third-order valence-corrected chi connectivity index (χ3v) is 1.98.